The minimum atomic E-state index is 0.178. The van der Waals surface area contributed by atoms with Crippen LogP contribution in [-0.4, -0.2) is 26.2 Å². The van der Waals surface area contributed by atoms with Gasteiger partial charge in [0, 0.05) is 6.42 Å². The predicted octanol–water partition coefficient (Wildman–Crippen LogP) is -0.463. The van der Waals surface area contributed by atoms with Gasteiger partial charge in [0.15, 0.2) is 0 Å². The molecular formula is C5H7O4. The van der Waals surface area contributed by atoms with Crippen molar-refractivity contribution in [1.82, 2.24) is 0 Å². The van der Waals surface area contributed by atoms with Gasteiger partial charge in [-0.3, -0.25) is 9.59 Å². The lowest BCUT2D eigenvalue weighted by molar-refractivity contribution is -0.129. The van der Waals surface area contributed by atoms with Crippen LogP contribution in [0.15, 0.2) is 0 Å². The molecule has 1 radical (unpaired) electrons. The van der Waals surface area contributed by atoms with Gasteiger partial charge < -0.3 is 9.47 Å². The maximum absolute atomic E-state index is 9.48. The highest BCUT2D eigenvalue weighted by Gasteiger charge is 1.85. The normalized spacial score (nSPS) is 8.00. The molecule has 0 saturated carbocycles. The van der Waals surface area contributed by atoms with Crippen LogP contribution in [0.3, 0.4) is 0 Å². The van der Waals surface area contributed by atoms with Crippen LogP contribution in [-0.2, 0) is 19.1 Å². The van der Waals surface area contributed by atoms with Gasteiger partial charge in [-0.25, -0.2) is 0 Å². The predicted molar refractivity (Wildman–Crippen MR) is 28.3 cm³/mol. The SMILES string of the molecule is O=COC[CH]COC=O. The molecule has 0 aliphatic heterocycles. The zero-order valence-electron chi connectivity index (χ0n) is 4.78. The summed E-state index contributed by atoms with van der Waals surface area (Å²) >= 11 is 0. The first-order valence-corrected chi connectivity index (χ1v) is 2.34. The largest absolute Gasteiger partial charge is 0.467 e. The second kappa shape index (κ2) is 6.94. The number of carbonyl (C=O) groups is 2. The van der Waals surface area contributed by atoms with Crippen molar-refractivity contribution < 1.29 is 19.1 Å². The van der Waals surface area contributed by atoms with E-state index in [0.717, 1.165) is 0 Å². The highest BCUT2D eigenvalue weighted by Crippen LogP contribution is 1.77. The van der Waals surface area contributed by atoms with E-state index < -0.39 is 0 Å². The molecule has 0 aliphatic rings. The van der Waals surface area contributed by atoms with Gasteiger partial charge in [-0.15, -0.1) is 0 Å². The summed E-state index contributed by atoms with van der Waals surface area (Å²) in [6.07, 6.45) is 1.52. The van der Waals surface area contributed by atoms with E-state index in [1.807, 2.05) is 0 Å². The molecule has 0 heterocycles. The number of hydrogen-bond donors (Lipinski definition) is 0. The van der Waals surface area contributed by atoms with Gasteiger partial charge in [0.1, 0.15) is 0 Å². The van der Waals surface area contributed by atoms with Crippen LogP contribution in [0.5, 0.6) is 0 Å². The maximum Gasteiger partial charge on any atom is 0.293 e. The van der Waals surface area contributed by atoms with E-state index in [0.29, 0.717) is 12.9 Å². The third-order valence-electron chi connectivity index (χ3n) is 0.564. The third-order valence-corrected chi connectivity index (χ3v) is 0.564. The van der Waals surface area contributed by atoms with Gasteiger partial charge in [-0.1, -0.05) is 0 Å². The molecule has 0 bridgehead atoms. The average Bonchev–Trinajstić information content (AvgIpc) is 1.89. The number of hydrogen-bond acceptors (Lipinski definition) is 4. The summed E-state index contributed by atoms with van der Waals surface area (Å²) in [5, 5.41) is 0. The molecule has 0 aromatic rings. The minimum absolute atomic E-state index is 0.178. The Morgan fingerprint density at radius 2 is 1.44 bits per heavy atom. The van der Waals surface area contributed by atoms with Crippen molar-refractivity contribution in [2.75, 3.05) is 13.2 Å². The van der Waals surface area contributed by atoms with Gasteiger partial charge in [-0.2, -0.15) is 0 Å². The van der Waals surface area contributed by atoms with Crippen molar-refractivity contribution in [3.05, 3.63) is 6.42 Å². The highest BCUT2D eigenvalue weighted by atomic mass is 16.5. The molecule has 0 fully saturated rings. The topological polar surface area (TPSA) is 52.6 Å². The van der Waals surface area contributed by atoms with Crippen molar-refractivity contribution in [2.45, 2.75) is 0 Å². The van der Waals surface area contributed by atoms with Crippen molar-refractivity contribution in [3.63, 3.8) is 0 Å². The molecule has 0 amide bonds. The molecule has 0 atom stereocenters. The molecule has 0 aliphatic carbocycles. The summed E-state index contributed by atoms with van der Waals surface area (Å²) in [7, 11) is 0. The molecule has 0 saturated heterocycles. The van der Waals surface area contributed by atoms with Gasteiger partial charge in [-0.05, 0) is 0 Å². The Morgan fingerprint density at radius 1 is 1.00 bits per heavy atom. The van der Waals surface area contributed by atoms with E-state index in [1.165, 1.54) is 6.42 Å². The summed E-state index contributed by atoms with van der Waals surface area (Å²) in [4.78, 5) is 19.0. The molecule has 0 aromatic carbocycles. The average molecular weight is 131 g/mol. The highest BCUT2D eigenvalue weighted by molar-refractivity contribution is 5.37. The smallest absolute Gasteiger partial charge is 0.293 e. The van der Waals surface area contributed by atoms with Gasteiger partial charge in [0.05, 0.1) is 13.2 Å². The summed E-state index contributed by atoms with van der Waals surface area (Å²) in [6, 6.07) is 0. The van der Waals surface area contributed by atoms with E-state index in [4.69, 9.17) is 0 Å². The Bertz CT molecular complexity index is 71.0. The Balaban J connectivity index is 2.74. The Kier molecular flexibility index (Phi) is 6.12. The second-order valence-corrected chi connectivity index (χ2v) is 1.15. The van der Waals surface area contributed by atoms with Crippen LogP contribution < -0.4 is 0 Å². The van der Waals surface area contributed by atoms with E-state index >= 15 is 0 Å². The summed E-state index contributed by atoms with van der Waals surface area (Å²) in [5.41, 5.74) is 0. The summed E-state index contributed by atoms with van der Waals surface area (Å²) in [5.74, 6) is 0. The lowest BCUT2D eigenvalue weighted by Gasteiger charge is -1.95. The van der Waals surface area contributed by atoms with E-state index in [9.17, 15) is 9.59 Å². The number of carbonyl (C=O) groups excluding carboxylic acids is 2. The Hall–Kier alpha value is -1.06. The van der Waals surface area contributed by atoms with Crippen LogP contribution >= 0.6 is 0 Å². The lowest BCUT2D eigenvalue weighted by Crippen LogP contribution is -1.99. The molecule has 0 unspecified atom stereocenters. The molecule has 0 spiro atoms. The van der Waals surface area contributed by atoms with Crippen LogP contribution in [0.25, 0.3) is 0 Å². The zero-order chi connectivity index (χ0) is 6.95. The Morgan fingerprint density at radius 3 is 1.78 bits per heavy atom. The quantitative estimate of drug-likeness (QED) is 0.361. The van der Waals surface area contributed by atoms with Crippen molar-refractivity contribution >= 4 is 12.9 Å². The molecule has 51 valence electrons. The van der Waals surface area contributed by atoms with Crippen molar-refractivity contribution in [1.29, 1.82) is 0 Å². The molecule has 4 heteroatoms. The third kappa shape index (κ3) is 6.94. The van der Waals surface area contributed by atoms with E-state index in [1.54, 1.807) is 0 Å². The summed E-state index contributed by atoms with van der Waals surface area (Å²) < 4.78 is 8.50. The molecule has 0 N–H and O–H groups in total. The van der Waals surface area contributed by atoms with Crippen LogP contribution in [0.2, 0.25) is 0 Å². The van der Waals surface area contributed by atoms with Gasteiger partial charge in [0.2, 0.25) is 0 Å². The molecule has 0 aromatic heterocycles. The second-order valence-electron chi connectivity index (χ2n) is 1.15. The standard InChI is InChI=1S/C5H7O4/c6-4-8-2-1-3-9-5-7/h1,4-5H,2-3H2. The summed E-state index contributed by atoms with van der Waals surface area (Å²) in [6.45, 7) is 1.02. The molecular weight excluding hydrogens is 124 g/mol. The molecule has 4 nitrogen and oxygen atoms in total. The first kappa shape index (κ1) is 7.94. The van der Waals surface area contributed by atoms with E-state index in [2.05, 4.69) is 9.47 Å². The van der Waals surface area contributed by atoms with Gasteiger partial charge in [0.25, 0.3) is 12.9 Å². The fourth-order valence-corrected chi connectivity index (χ4v) is 0.263. The first-order valence-electron chi connectivity index (χ1n) is 2.34. The first-order chi connectivity index (χ1) is 4.41. The Labute approximate surface area is 52.7 Å². The number of ether oxygens (including phenoxy) is 2. The van der Waals surface area contributed by atoms with Crippen molar-refractivity contribution in [3.8, 4) is 0 Å². The number of rotatable bonds is 6. The van der Waals surface area contributed by atoms with Crippen LogP contribution in [0.1, 0.15) is 0 Å². The zero-order valence-corrected chi connectivity index (χ0v) is 4.78. The van der Waals surface area contributed by atoms with Crippen LogP contribution in [0.4, 0.5) is 0 Å². The fraction of sp³-hybridized carbons (Fsp3) is 0.400. The maximum atomic E-state index is 9.48. The minimum Gasteiger partial charge on any atom is -0.467 e. The monoisotopic (exact) mass is 131 g/mol. The van der Waals surface area contributed by atoms with Crippen LogP contribution in [0, 0.1) is 6.42 Å². The van der Waals surface area contributed by atoms with Crippen molar-refractivity contribution in [2.24, 2.45) is 0 Å². The van der Waals surface area contributed by atoms with Gasteiger partial charge >= 0.3 is 0 Å². The molecule has 0 rings (SSSR count). The molecule has 9 heavy (non-hydrogen) atoms. The lowest BCUT2D eigenvalue weighted by atomic mass is 10.5. The fourth-order valence-electron chi connectivity index (χ4n) is 0.263. The van der Waals surface area contributed by atoms with E-state index in [-0.39, 0.29) is 13.2 Å².